The number of benzene rings is 1. The Balaban J connectivity index is 2.17. The topological polar surface area (TPSA) is 64.0 Å². The van der Waals surface area contributed by atoms with E-state index in [4.69, 9.17) is 0 Å². The van der Waals surface area contributed by atoms with Crippen molar-refractivity contribution in [3.05, 3.63) is 46.8 Å². The van der Waals surface area contributed by atoms with Crippen LogP contribution in [0.2, 0.25) is 0 Å². The highest BCUT2D eigenvalue weighted by molar-refractivity contribution is 6.47. The molecule has 23 heavy (non-hydrogen) atoms. The highest BCUT2D eigenvalue weighted by Crippen LogP contribution is 2.23. The molecule has 2 rings (SSSR count). The molecule has 0 saturated heterocycles. The number of hydrogen-bond donors (Lipinski definition) is 1. The molecule has 1 aromatic carbocycles. The third kappa shape index (κ3) is 3.50. The maximum absolute atomic E-state index is 12.4. The number of hydrogen-bond acceptors (Lipinski definition) is 3. The number of nitrogens with zero attached hydrogens (tertiary/aromatic N) is 2. The quantitative estimate of drug-likeness (QED) is 0.699. The molecular weight excluding hydrogens is 290 g/mol. The van der Waals surface area contributed by atoms with Crippen LogP contribution in [0.5, 0.6) is 0 Å². The molecule has 0 fully saturated rings. The van der Waals surface area contributed by atoms with Gasteiger partial charge in [-0.1, -0.05) is 32.9 Å². The van der Waals surface area contributed by atoms with Crippen molar-refractivity contribution >= 4 is 17.4 Å². The predicted octanol–water partition coefficient (Wildman–Crippen LogP) is 3.16. The van der Waals surface area contributed by atoms with Gasteiger partial charge in [0.25, 0.3) is 11.7 Å². The minimum absolute atomic E-state index is 0.0439. The van der Waals surface area contributed by atoms with Crippen LogP contribution >= 0.6 is 0 Å². The SMILES string of the molecule is Cc1nn(C)c(C)c1C(=O)C(=O)Nc1ccc(C(C)(C)C)cc1. The van der Waals surface area contributed by atoms with Crippen molar-refractivity contribution in [2.75, 3.05) is 5.32 Å². The summed E-state index contributed by atoms with van der Waals surface area (Å²) in [7, 11) is 1.75. The van der Waals surface area contributed by atoms with Crippen LogP contribution in [0, 0.1) is 13.8 Å². The number of aromatic nitrogens is 2. The first-order valence-corrected chi connectivity index (χ1v) is 7.57. The fraction of sp³-hybridized carbons (Fsp3) is 0.389. The summed E-state index contributed by atoms with van der Waals surface area (Å²) in [5, 5.41) is 6.83. The molecule has 0 unspecified atom stereocenters. The Morgan fingerprint density at radius 2 is 1.65 bits per heavy atom. The highest BCUT2D eigenvalue weighted by atomic mass is 16.2. The van der Waals surface area contributed by atoms with Crippen LogP contribution in [0.3, 0.4) is 0 Å². The van der Waals surface area contributed by atoms with Crippen molar-refractivity contribution in [2.45, 2.75) is 40.0 Å². The summed E-state index contributed by atoms with van der Waals surface area (Å²) in [6.07, 6.45) is 0. The molecule has 0 aliphatic rings. The van der Waals surface area contributed by atoms with E-state index >= 15 is 0 Å². The van der Waals surface area contributed by atoms with Crippen molar-refractivity contribution < 1.29 is 9.59 Å². The number of nitrogens with one attached hydrogen (secondary N) is 1. The van der Waals surface area contributed by atoms with E-state index in [-0.39, 0.29) is 5.41 Å². The van der Waals surface area contributed by atoms with Crippen molar-refractivity contribution in [3.63, 3.8) is 0 Å². The first kappa shape index (κ1) is 16.9. The number of carbonyl (C=O) groups is 2. The maximum atomic E-state index is 12.4. The van der Waals surface area contributed by atoms with Crippen molar-refractivity contribution in [2.24, 2.45) is 7.05 Å². The van der Waals surface area contributed by atoms with Gasteiger partial charge in [-0.05, 0) is 37.0 Å². The first-order chi connectivity index (χ1) is 10.6. The number of aryl methyl sites for hydroxylation is 2. The molecule has 1 N–H and O–H groups in total. The average molecular weight is 313 g/mol. The lowest BCUT2D eigenvalue weighted by molar-refractivity contribution is -0.112. The molecule has 0 atom stereocenters. The molecule has 0 radical (unpaired) electrons. The smallest absolute Gasteiger partial charge is 0.296 e. The summed E-state index contributed by atoms with van der Waals surface area (Å²) in [6.45, 7) is 9.87. The molecule has 2 aromatic rings. The van der Waals surface area contributed by atoms with Crippen LogP contribution < -0.4 is 5.32 Å². The van der Waals surface area contributed by atoms with E-state index in [1.165, 1.54) is 5.56 Å². The number of rotatable bonds is 3. The fourth-order valence-corrected chi connectivity index (χ4v) is 2.46. The summed E-state index contributed by atoms with van der Waals surface area (Å²) >= 11 is 0. The van der Waals surface area contributed by atoms with Gasteiger partial charge in [0.2, 0.25) is 0 Å². The third-order valence-corrected chi connectivity index (χ3v) is 3.95. The number of amides is 1. The fourth-order valence-electron chi connectivity index (χ4n) is 2.46. The largest absolute Gasteiger partial charge is 0.319 e. The maximum Gasteiger partial charge on any atom is 0.296 e. The molecule has 122 valence electrons. The molecule has 0 spiro atoms. The zero-order valence-electron chi connectivity index (χ0n) is 14.5. The van der Waals surface area contributed by atoms with Gasteiger partial charge in [0, 0.05) is 18.4 Å². The monoisotopic (exact) mass is 313 g/mol. The lowest BCUT2D eigenvalue weighted by Gasteiger charge is -2.19. The van der Waals surface area contributed by atoms with E-state index in [2.05, 4.69) is 31.2 Å². The Labute approximate surface area is 136 Å². The molecule has 1 heterocycles. The Morgan fingerprint density at radius 1 is 1.09 bits per heavy atom. The van der Waals surface area contributed by atoms with E-state index in [9.17, 15) is 9.59 Å². The Bertz CT molecular complexity index is 750. The summed E-state index contributed by atoms with van der Waals surface area (Å²) in [5.41, 5.74) is 3.44. The zero-order chi connectivity index (χ0) is 17.4. The molecule has 0 aliphatic heterocycles. The van der Waals surface area contributed by atoms with E-state index < -0.39 is 11.7 Å². The van der Waals surface area contributed by atoms with Gasteiger partial charge < -0.3 is 5.32 Å². The van der Waals surface area contributed by atoms with Crippen LogP contribution in [-0.4, -0.2) is 21.5 Å². The third-order valence-electron chi connectivity index (χ3n) is 3.95. The van der Waals surface area contributed by atoms with Gasteiger partial charge in [-0.15, -0.1) is 0 Å². The van der Waals surface area contributed by atoms with Gasteiger partial charge >= 0.3 is 0 Å². The Morgan fingerprint density at radius 3 is 2.09 bits per heavy atom. The highest BCUT2D eigenvalue weighted by Gasteiger charge is 2.24. The minimum Gasteiger partial charge on any atom is -0.319 e. The van der Waals surface area contributed by atoms with Gasteiger partial charge in [0.1, 0.15) is 0 Å². The molecule has 5 nitrogen and oxygen atoms in total. The Kier molecular flexibility index (Phi) is 4.41. The van der Waals surface area contributed by atoms with Gasteiger partial charge in [0.15, 0.2) is 0 Å². The lowest BCUT2D eigenvalue weighted by atomic mass is 9.87. The average Bonchev–Trinajstić information content (AvgIpc) is 2.71. The molecule has 0 saturated carbocycles. The second-order valence-electron chi connectivity index (χ2n) is 6.78. The van der Waals surface area contributed by atoms with Gasteiger partial charge in [-0.25, -0.2) is 0 Å². The molecule has 0 bridgehead atoms. The second kappa shape index (κ2) is 5.99. The van der Waals surface area contributed by atoms with Crippen LogP contribution in [0.25, 0.3) is 0 Å². The summed E-state index contributed by atoms with van der Waals surface area (Å²) in [6, 6.07) is 7.55. The molecule has 1 aromatic heterocycles. The van der Waals surface area contributed by atoms with E-state index in [0.29, 0.717) is 22.6 Å². The number of ketones is 1. The molecule has 0 aliphatic carbocycles. The second-order valence-corrected chi connectivity index (χ2v) is 6.78. The molecule has 1 amide bonds. The van der Waals surface area contributed by atoms with Gasteiger partial charge in [-0.2, -0.15) is 5.10 Å². The van der Waals surface area contributed by atoms with E-state index in [1.54, 1.807) is 25.6 Å². The van der Waals surface area contributed by atoms with Crippen LogP contribution in [0.1, 0.15) is 48.1 Å². The summed E-state index contributed by atoms with van der Waals surface area (Å²) in [5.74, 6) is -1.21. The van der Waals surface area contributed by atoms with Crippen molar-refractivity contribution in [1.82, 2.24) is 9.78 Å². The van der Waals surface area contributed by atoms with Crippen LogP contribution in [0.15, 0.2) is 24.3 Å². The first-order valence-electron chi connectivity index (χ1n) is 7.57. The Hall–Kier alpha value is -2.43. The van der Waals surface area contributed by atoms with E-state index in [1.807, 2.05) is 24.3 Å². The number of anilines is 1. The number of carbonyl (C=O) groups excluding carboxylic acids is 2. The lowest BCUT2D eigenvalue weighted by Crippen LogP contribution is -2.24. The van der Waals surface area contributed by atoms with Gasteiger partial charge in [-0.3, -0.25) is 14.3 Å². The number of Topliss-reactive ketones (excluding diaryl/α,β-unsaturated/α-hetero) is 1. The van der Waals surface area contributed by atoms with E-state index in [0.717, 1.165) is 0 Å². The van der Waals surface area contributed by atoms with Crippen LogP contribution in [-0.2, 0) is 17.3 Å². The van der Waals surface area contributed by atoms with Crippen molar-refractivity contribution in [1.29, 1.82) is 0 Å². The molecule has 5 heteroatoms. The van der Waals surface area contributed by atoms with Crippen LogP contribution in [0.4, 0.5) is 5.69 Å². The van der Waals surface area contributed by atoms with Gasteiger partial charge in [0.05, 0.1) is 11.3 Å². The molecular formula is C18H23N3O2. The standard InChI is InChI=1S/C18H23N3O2/c1-11-15(12(2)21(6)20-11)16(22)17(23)19-14-9-7-13(8-10-14)18(3,4)5/h7-10H,1-6H3,(H,19,23). The normalized spacial score (nSPS) is 11.4. The predicted molar refractivity (Wildman–Crippen MR) is 90.8 cm³/mol. The summed E-state index contributed by atoms with van der Waals surface area (Å²) in [4.78, 5) is 24.6. The van der Waals surface area contributed by atoms with Crippen molar-refractivity contribution in [3.8, 4) is 0 Å². The zero-order valence-corrected chi connectivity index (χ0v) is 14.5. The summed E-state index contributed by atoms with van der Waals surface area (Å²) < 4.78 is 1.61. The minimum atomic E-state index is -0.646.